The minimum Gasteiger partial charge on any atom is -0.389 e. The van der Waals surface area contributed by atoms with Gasteiger partial charge in [0.05, 0.1) is 19.3 Å². The van der Waals surface area contributed by atoms with E-state index in [4.69, 9.17) is 9.84 Å². The van der Waals surface area contributed by atoms with E-state index in [1.165, 1.54) is 0 Å². The van der Waals surface area contributed by atoms with Gasteiger partial charge in [-0.2, -0.15) is 0 Å². The van der Waals surface area contributed by atoms with E-state index in [9.17, 15) is 4.39 Å². The average Bonchev–Trinajstić information content (AvgIpc) is 2.06. The van der Waals surface area contributed by atoms with Gasteiger partial charge in [0.25, 0.3) is 0 Å². The van der Waals surface area contributed by atoms with Crippen molar-refractivity contribution in [1.82, 2.24) is 4.90 Å². The summed E-state index contributed by atoms with van der Waals surface area (Å²) in [7, 11) is 0. The van der Waals surface area contributed by atoms with Crippen LogP contribution in [0.3, 0.4) is 0 Å². The van der Waals surface area contributed by atoms with Crippen molar-refractivity contribution in [3.05, 3.63) is 0 Å². The molecule has 1 heterocycles. The van der Waals surface area contributed by atoms with Crippen LogP contribution in [0.2, 0.25) is 0 Å². The molecule has 4 heteroatoms. The number of hydrogen-bond donors (Lipinski definition) is 1. The summed E-state index contributed by atoms with van der Waals surface area (Å²) < 4.78 is 16.9. The van der Waals surface area contributed by atoms with E-state index < -0.39 is 12.8 Å². The van der Waals surface area contributed by atoms with Gasteiger partial charge in [-0.1, -0.05) is 0 Å². The summed E-state index contributed by atoms with van der Waals surface area (Å²) in [6.07, 6.45) is -0.826. The van der Waals surface area contributed by atoms with Gasteiger partial charge in [-0.15, -0.1) is 0 Å². The van der Waals surface area contributed by atoms with Gasteiger partial charge in [0.2, 0.25) is 0 Å². The molecule has 1 N–H and O–H groups in total. The van der Waals surface area contributed by atoms with E-state index in [1.54, 1.807) is 0 Å². The molecule has 0 bridgehead atoms. The fraction of sp³-hybridized carbons (Fsp3) is 1.00. The van der Waals surface area contributed by atoms with Crippen molar-refractivity contribution in [2.75, 3.05) is 39.5 Å². The van der Waals surface area contributed by atoms with Gasteiger partial charge in [-0.25, -0.2) is 4.39 Å². The van der Waals surface area contributed by atoms with Gasteiger partial charge >= 0.3 is 0 Å². The highest BCUT2D eigenvalue weighted by molar-refractivity contribution is 4.66. The summed E-state index contributed by atoms with van der Waals surface area (Å²) in [5.41, 5.74) is 0. The molecule has 0 saturated carbocycles. The molecule has 1 fully saturated rings. The van der Waals surface area contributed by atoms with Crippen LogP contribution < -0.4 is 0 Å². The van der Waals surface area contributed by atoms with Crippen LogP contribution in [0.15, 0.2) is 0 Å². The molecule has 0 spiro atoms. The largest absolute Gasteiger partial charge is 0.389 e. The first-order valence-corrected chi connectivity index (χ1v) is 3.87. The second kappa shape index (κ2) is 4.64. The van der Waals surface area contributed by atoms with Crippen molar-refractivity contribution < 1.29 is 14.2 Å². The number of alkyl halides is 1. The van der Waals surface area contributed by atoms with Crippen LogP contribution in [0.4, 0.5) is 4.39 Å². The van der Waals surface area contributed by atoms with Gasteiger partial charge in [-0.05, 0) is 0 Å². The Morgan fingerprint density at radius 1 is 1.45 bits per heavy atom. The summed E-state index contributed by atoms with van der Waals surface area (Å²) in [5, 5.41) is 8.95. The molecule has 1 rings (SSSR count). The number of nitrogens with zero attached hydrogens (tertiary/aromatic N) is 1. The smallest absolute Gasteiger partial charge is 0.117 e. The number of morpholine rings is 1. The Labute approximate surface area is 65.8 Å². The van der Waals surface area contributed by atoms with E-state index >= 15 is 0 Å². The lowest BCUT2D eigenvalue weighted by Crippen LogP contribution is -2.41. The van der Waals surface area contributed by atoms with Crippen molar-refractivity contribution >= 4 is 0 Å². The molecule has 1 aliphatic rings. The van der Waals surface area contributed by atoms with Gasteiger partial charge in [-0.3, -0.25) is 4.90 Å². The van der Waals surface area contributed by atoms with Crippen LogP contribution in [0, 0.1) is 0 Å². The number of aliphatic hydroxyl groups is 1. The first-order valence-electron chi connectivity index (χ1n) is 3.87. The fourth-order valence-electron chi connectivity index (χ4n) is 1.13. The molecule has 0 aromatic carbocycles. The summed E-state index contributed by atoms with van der Waals surface area (Å²) in [5.74, 6) is 0. The number of rotatable bonds is 3. The predicted molar refractivity (Wildman–Crippen MR) is 39.2 cm³/mol. The lowest BCUT2D eigenvalue weighted by Gasteiger charge is -2.27. The van der Waals surface area contributed by atoms with E-state index in [-0.39, 0.29) is 0 Å². The van der Waals surface area contributed by atoms with Crippen molar-refractivity contribution in [3.8, 4) is 0 Å². The van der Waals surface area contributed by atoms with Crippen LogP contribution in [0.25, 0.3) is 0 Å². The highest BCUT2D eigenvalue weighted by Crippen LogP contribution is 1.98. The third-order valence-corrected chi connectivity index (χ3v) is 1.75. The third-order valence-electron chi connectivity index (χ3n) is 1.75. The highest BCUT2D eigenvalue weighted by Gasteiger charge is 2.13. The summed E-state index contributed by atoms with van der Waals surface area (Å²) >= 11 is 0. The second-order valence-corrected chi connectivity index (χ2v) is 2.72. The van der Waals surface area contributed by atoms with E-state index in [1.807, 2.05) is 4.90 Å². The molecule has 11 heavy (non-hydrogen) atoms. The monoisotopic (exact) mass is 163 g/mol. The average molecular weight is 163 g/mol. The van der Waals surface area contributed by atoms with Crippen molar-refractivity contribution in [2.45, 2.75) is 6.10 Å². The molecule has 0 aromatic rings. The Morgan fingerprint density at radius 2 is 2.09 bits per heavy atom. The lowest BCUT2D eigenvalue weighted by atomic mass is 10.3. The Hall–Kier alpha value is -0.190. The maximum atomic E-state index is 11.8. The number of aliphatic hydroxyl groups excluding tert-OH is 1. The Balaban J connectivity index is 2.13. The molecule has 0 radical (unpaired) electrons. The highest BCUT2D eigenvalue weighted by atomic mass is 19.1. The summed E-state index contributed by atoms with van der Waals surface area (Å²) in [6.45, 7) is 2.77. The van der Waals surface area contributed by atoms with Gasteiger partial charge in [0, 0.05) is 19.6 Å². The molecular weight excluding hydrogens is 149 g/mol. The fourth-order valence-corrected chi connectivity index (χ4v) is 1.13. The maximum Gasteiger partial charge on any atom is 0.117 e. The maximum absolute atomic E-state index is 11.8. The van der Waals surface area contributed by atoms with E-state index in [0.29, 0.717) is 19.8 Å². The van der Waals surface area contributed by atoms with E-state index in [2.05, 4.69) is 0 Å². The molecule has 0 aliphatic carbocycles. The zero-order valence-corrected chi connectivity index (χ0v) is 6.50. The first-order chi connectivity index (χ1) is 5.33. The van der Waals surface area contributed by atoms with Gasteiger partial charge < -0.3 is 9.84 Å². The molecule has 66 valence electrons. The molecule has 3 nitrogen and oxygen atoms in total. The number of hydrogen-bond acceptors (Lipinski definition) is 3. The van der Waals surface area contributed by atoms with Crippen LogP contribution in [0.5, 0.6) is 0 Å². The van der Waals surface area contributed by atoms with Crippen LogP contribution in [0.1, 0.15) is 0 Å². The molecule has 1 saturated heterocycles. The third kappa shape index (κ3) is 3.14. The van der Waals surface area contributed by atoms with Gasteiger partial charge in [0.1, 0.15) is 6.67 Å². The van der Waals surface area contributed by atoms with Crippen LogP contribution >= 0.6 is 0 Å². The Kier molecular flexibility index (Phi) is 3.76. The first kappa shape index (κ1) is 8.90. The number of ether oxygens (including phenoxy) is 1. The quantitative estimate of drug-likeness (QED) is 0.617. The zero-order chi connectivity index (χ0) is 8.10. The molecule has 1 unspecified atom stereocenters. The van der Waals surface area contributed by atoms with Crippen molar-refractivity contribution in [1.29, 1.82) is 0 Å². The van der Waals surface area contributed by atoms with Crippen molar-refractivity contribution in [3.63, 3.8) is 0 Å². The molecule has 0 amide bonds. The molecule has 1 atom stereocenters. The van der Waals surface area contributed by atoms with Gasteiger partial charge in [0.15, 0.2) is 0 Å². The van der Waals surface area contributed by atoms with Crippen LogP contribution in [-0.4, -0.2) is 55.6 Å². The SMILES string of the molecule is OC(CF)CN1CCOCC1. The normalized spacial score (nSPS) is 23.5. The van der Waals surface area contributed by atoms with E-state index in [0.717, 1.165) is 13.1 Å². The summed E-state index contributed by atoms with van der Waals surface area (Å²) in [6, 6.07) is 0. The second-order valence-electron chi connectivity index (χ2n) is 2.72. The zero-order valence-electron chi connectivity index (χ0n) is 6.50. The molecular formula is C7H14FNO2. The minimum absolute atomic E-state index is 0.430. The van der Waals surface area contributed by atoms with Crippen molar-refractivity contribution in [2.24, 2.45) is 0 Å². The number of β-amino-alcohol motifs (C(OH)–C–C–N with tert-alkyl or cyclic N) is 1. The molecule has 1 aliphatic heterocycles. The topological polar surface area (TPSA) is 32.7 Å². The Morgan fingerprint density at radius 3 is 2.64 bits per heavy atom. The Bertz CT molecular complexity index is 107. The number of halogens is 1. The van der Waals surface area contributed by atoms with Crippen LogP contribution in [-0.2, 0) is 4.74 Å². The predicted octanol–water partition coefficient (Wildman–Crippen LogP) is -0.351. The summed E-state index contributed by atoms with van der Waals surface area (Å²) in [4.78, 5) is 2.01. The molecule has 0 aromatic heterocycles. The lowest BCUT2D eigenvalue weighted by molar-refractivity contribution is 0.00999. The minimum atomic E-state index is -0.826. The standard InChI is InChI=1S/C7H14FNO2/c8-5-7(10)6-9-1-3-11-4-2-9/h7,10H,1-6H2.